The number of rotatable bonds is 2. The Morgan fingerprint density at radius 3 is 1.40 bits per heavy atom. The number of carbonyl (C=O) groups is 2. The van der Waals surface area contributed by atoms with Crippen molar-refractivity contribution in [2.75, 3.05) is 26.2 Å². The molecular formula is C23H36CuN2O4. The first-order valence-electron chi connectivity index (χ1n) is 10.9. The van der Waals surface area contributed by atoms with Crippen LogP contribution in [0.2, 0.25) is 0 Å². The molecule has 0 unspecified atom stereocenters. The van der Waals surface area contributed by atoms with E-state index in [1.807, 2.05) is 0 Å². The zero-order valence-corrected chi connectivity index (χ0v) is 19.3. The molecule has 4 heterocycles. The summed E-state index contributed by atoms with van der Waals surface area (Å²) in [5.41, 5.74) is 0.130. The van der Waals surface area contributed by atoms with E-state index in [1.165, 1.54) is 78.6 Å². The summed E-state index contributed by atoms with van der Waals surface area (Å²) in [4.78, 5) is 24.7. The minimum Gasteiger partial charge on any atom is -0.545 e. The monoisotopic (exact) mass is 467 g/mol. The van der Waals surface area contributed by atoms with Gasteiger partial charge in [-0.3, -0.25) is 9.80 Å². The van der Waals surface area contributed by atoms with E-state index in [2.05, 4.69) is 23.0 Å². The topological polar surface area (TPSA) is 86.7 Å². The SMILES string of the molecule is C1CCN2C[C@@H]3C[C@@H](CN4CCCC[C@@H]34)[C@H]2C1.C=C(C)C(=O)[O-].C=C(C)C(=O)[O-].[Cu+2]. The molecule has 30 heavy (non-hydrogen) atoms. The second kappa shape index (κ2) is 12.7. The summed E-state index contributed by atoms with van der Waals surface area (Å²) in [7, 11) is 0. The number of nitrogens with zero attached hydrogens (tertiary/aromatic N) is 2. The second-order valence-corrected chi connectivity index (χ2v) is 9.01. The molecule has 0 N–H and O–H groups in total. The van der Waals surface area contributed by atoms with E-state index >= 15 is 0 Å². The van der Waals surface area contributed by atoms with Crippen LogP contribution in [0.15, 0.2) is 24.3 Å². The van der Waals surface area contributed by atoms with Gasteiger partial charge in [-0.25, -0.2) is 0 Å². The smallest absolute Gasteiger partial charge is 0.545 e. The molecular weight excluding hydrogens is 432 g/mol. The van der Waals surface area contributed by atoms with E-state index in [0.717, 1.165) is 23.9 Å². The van der Waals surface area contributed by atoms with Crippen molar-refractivity contribution in [2.24, 2.45) is 11.8 Å². The molecule has 6 nitrogen and oxygen atoms in total. The van der Waals surface area contributed by atoms with Gasteiger partial charge >= 0.3 is 17.1 Å². The molecule has 4 fully saturated rings. The van der Waals surface area contributed by atoms with Gasteiger partial charge in [-0.05, 0) is 82.0 Å². The van der Waals surface area contributed by atoms with Crippen LogP contribution in [0, 0.1) is 11.8 Å². The van der Waals surface area contributed by atoms with E-state index < -0.39 is 11.9 Å². The Hall–Kier alpha value is -1.14. The summed E-state index contributed by atoms with van der Waals surface area (Å²) in [6, 6.07) is 1.92. The Bertz CT molecular complexity index is 548. The largest absolute Gasteiger partial charge is 2.00 e. The third-order valence-corrected chi connectivity index (χ3v) is 6.66. The van der Waals surface area contributed by atoms with E-state index in [0.29, 0.717) is 0 Å². The molecule has 0 saturated carbocycles. The number of fused-ring (bicyclic) bond motifs is 6. The molecule has 7 heteroatoms. The van der Waals surface area contributed by atoms with Crippen molar-refractivity contribution < 1.29 is 36.9 Å². The zero-order chi connectivity index (χ0) is 21.6. The van der Waals surface area contributed by atoms with Crippen LogP contribution in [-0.4, -0.2) is 60.0 Å². The Balaban J connectivity index is 0.000000293. The van der Waals surface area contributed by atoms with Crippen LogP contribution in [0.3, 0.4) is 0 Å². The standard InChI is InChI=1S/C15H26N2.2C4H6O2.Cu/c1-3-7-16-11-13-9-12(14(16)5-1)10-17-8-4-2-6-15(13)17;2*1-3(2)4(5)6;/h12-15H,1-11H2;2*1H2,2H3,(H,5,6);/q;;;+2/p-2/t12-,13-,14-,15+;;;/m0.../s1. The zero-order valence-electron chi connectivity index (χ0n) is 18.3. The van der Waals surface area contributed by atoms with Crippen molar-refractivity contribution in [1.29, 1.82) is 0 Å². The average molecular weight is 468 g/mol. The minimum absolute atomic E-state index is 0. The maximum atomic E-state index is 9.49. The van der Waals surface area contributed by atoms with Crippen LogP contribution in [0.5, 0.6) is 0 Å². The van der Waals surface area contributed by atoms with Gasteiger partial charge in [0.1, 0.15) is 0 Å². The summed E-state index contributed by atoms with van der Waals surface area (Å²) in [6.45, 7) is 14.6. The molecule has 4 aliphatic rings. The molecule has 0 amide bonds. The summed E-state index contributed by atoms with van der Waals surface area (Å²) >= 11 is 0. The van der Waals surface area contributed by atoms with Crippen LogP contribution in [0.4, 0.5) is 0 Å². The summed E-state index contributed by atoms with van der Waals surface area (Å²) < 4.78 is 0. The van der Waals surface area contributed by atoms with Gasteiger partial charge in [0.2, 0.25) is 0 Å². The van der Waals surface area contributed by atoms with Crippen molar-refractivity contribution >= 4 is 11.9 Å². The molecule has 0 aliphatic carbocycles. The quantitative estimate of drug-likeness (QED) is 0.444. The predicted molar refractivity (Wildman–Crippen MR) is 110 cm³/mol. The first kappa shape index (κ1) is 26.9. The van der Waals surface area contributed by atoms with Crippen LogP contribution in [0.1, 0.15) is 58.8 Å². The summed E-state index contributed by atoms with van der Waals surface area (Å²) in [5.74, 6) is -0.336. The van der Waals surface area contributed by atoms with Crippen LogP contribution in [0.25, 0.3) is 0 Å². The van der Waals surface area contributed by atoms with Crippen LogP contribution in [-0.2, 0) is 26.7 Å². The number of carboxylic acids is 2. The maximum absolute atomic E-state index is 9.49. The fourth-order valence-corrected chi connectivity index (χ4v) is 5.25. The third-order valence-electron chi connectivity index (χ3n) is 6.66. The molecule has 2 bridgehead atoms. The van der Waals surface area contributed by atoms with E-state index in [4.69, 9.17) is 0 Å². The van der Waals surface area contributed by atoms with Gasteiger partial charge in [0.15, 0.2) is 0 Å². The minimum atomic E-state index is -1.19. The molecule has 0 aromatic carbocycles. The molecule has 4 atom stereocenters. The third kappa shape index (κ3) is 7.52. The summed E-state index contributed by atoms with van der Waals surface area (Å²) in [5, 5.41) is 19.0. The molecule has 4 aliphatic heterocycles. The van der Waals surface area contributed by atoms with Crippen molar-refractivity contribution in [3.63, 3.8) is 0 Å². The van der Waals surface area contributed by atoms with Gasteiger partial charge in [-0.1, -0.05) is 26.0 Å². The Morgan fingerprint density at radius 1 is 0.767 bits per heavy atom. The fourth-order valence-electron chi connectivity index (χ4n) is 5.25. The Labute approximate surface area is 191 Å². The van der Waals surface area contributed by atoms with Gasteiger partial charge in [-0.15, -0.1) is 0 Å². The van der Waals surface area contributed by atoms with Crippen molar-refractivity contribution in [1.82, 2.24) is 9.80 Å². The number of piperidine rings is 4. The molecule has 0 aromatic rings. The first-order valence-corrected chi connectivity index (χ1v) is 10.9. The fraction of sp³-hybridized carbons (Fsp3) is 0.739. The van der Waals surface area contributed by atoms with Crippen molar-refractivity contribution in [2.45, 2.75) is 70.9 Å². The van der Waals surface area contributed by atoms with Gasteiger partial charge in [0.05, 0.1) is 11.9 Å². The van der Waals surface area contributed by atoms with Gasteiger partial charge in [0.25, 0.3) is 0 Å². The van der Waals surface area contributed by atoms with E-state index in [-0.39, 0.29) is 28.2 Å². The van der Waals surface area contributed by atoms with E-state index in [1.54, 1.807) is 6.42 Å². The average Bonchev–Trinajstić information content (AvgIpc) is 2.69. The second-order valence-electron chi connectivity index (χ2n) is 9.01. The maximum Gasteiger partial charge on any atom is 2.00 e. The number of aliphatic carboxylic acids is 2. The number of hydrogen-bond acceptors (Lipinski definition) is 6. The van der Waals surface area contributed by atoms with Gasteiger partial charge in [-0.2, -0.15) is 0 Å². The molecule has 4 saturated heterocycles. The molecule has 0 aromatic heterocycles. The van der Waals surface area contributed by atoms with Crippen LogP contribution < -0.4 is 10.2 Å². The molecule has 173 valence electrons. The molecule has 4 rings (SSSR count). The van der Waals surface area contributed by atoms with Crippen molar-refractivity contribution in [3.8, 4) is 0 Å². The predicted octanol–water partition coefficient (Wildman–Crippen LogP) is 0.967. The molecule has 0 spiro atoms. The number of hydrogen-bond donors (Lipinski definition) is 0. The van der Waals surface area contributed by atoms with Gasteiger partial charge in [0, 0.05) is 25.2 Å². The van der Waals surface area contributed by atoms with Gasteiger partial charge < -0.3 is 19.8 Å². The van der Waals surface area contributed by atoms with E-state index in [9.17, 15) is 19.8 Å². The Kier molecular flexibility index (Phi) is 11.3. The number of carbonyl (C=O) groups excluding carboxylic acids is 2. The first-order chi connectivity index (χ1) is 13.7. The normalized spacial score (nSPS) is 29.8. The molecule has 1 radical (unpaired) electrons. The number of carboxylic acid groups (broad SMARTS) is 2. The Morgan fingerprint density at radius 2 is 1.10 bits per heavy atom. The van der Waals surface area contributed by atoms with Crippen LogP contribution >= 0.6 is 0 Å². The summed E-state index contributed by atoms with van der Waals surface area (Å²) in [6.07, 6.45) is 10.5. The van der Waals surface area contributed by atoms with Crippen molar-refractivity contribution in [3.05, 3.63) is 24.3 Å².